The molecule has 0 aliphatic carbocycles. The molecule has 0 aromatic heterocycles. The van der Waals surface area contributed by atoms with Crippen LogP contribution in [0.4, 0.5) is 0 Å². The van der Waals surface area contributed by atoms with Gasteiger partial charge in [0, 0.05) is 19.1 Å². The van der Waals surface area contributed by atoms with Gasteiger partial charge in [-0.2, -0.15) is 0 Å². The van der Waals surface area contributed by atoms with Gasteiger partial charge >= 0.3 is 5.97 Å². The van der Waals surface area contributed by atoms with Crippen molar-refractivity contribution in [3.63, 3.8) is 0 Å². The van der Waals surface area contributed by atoms with E-state index in [1.54, 1.807) is 0 Å². The van der Waals surface area contributed by atoms with Crippen LogP contribution in [0, 0.1) is 0 Å². The predicted octanol–water partition coefficient (Wildman–Crippen LogP) is 0.749. The zero-order valence-corrected chi connectivity index (χ0v) is 12.7. The molecule has 0 aliphatic rings. The van der Waals surface area contributed by atoms with Crippen LogP contribution in [0.1, 0.15) is 24.2 Å². The fourth-order valence-electron chi connectivity index (χ4n) is 1.52. The molecule has 0 aliphatic heterocycles. The lowest BCUT2D eigenvalue weighted by Crippen LogP contribution is -2.34. The van der Waals surface area contributed by atoms with E-state index < -0.39 is 16.0 Å². The van der Waals surface area contributed by atoms with Crippen LogP contribution in [-0.2, 0) is 14.8 Å². The maximum Gasteiger partial charge on any atom is 0.337 e. The van der Waals surface area contributed by atoms with Crippen LogP contribution in [0.25, 0.3) is 0 Å². The largest absolute Gasteiger partial charge is 0.465 e. The Labute approximate surface area is 119 Å². The third kappa shape index (κ3) is 4.92. The number of carbonyl (C=O) groups is 1. The first-order valence-corrected chi connectivity index (χ1v) is 7.76. The van der Waals surface area contributed by atoms with Crippen molar-refractivity contribution in [2.45, 2.75) is 24.8 Å². The van der Waals surface area contributed by atoms with E-state index in [9.17, 15) is 13.2 Å². The molecule has 0 saturated carbocycles. The lowest BCUT2D eigenvalue weighted by molar-refractivity contribution is 0.0600. The fraction of sp³-hybridized carbons (Fsp3) is 0.462. The molecule has 1 aromatic carbocycles. The number of rotatable bonds is 7. The lowest BCUT2D eigenvalue weighted by atomic mass is 10.2. The number of ether oxygens (including phenoxy) is 1. The number of esters is 1. The molecule has 112 valence electrons. The van der Waals surface area contributed by atoms with Crippen molar-refractivity contribution < 1.29 is 17.9 Å². The smallest absolute Gasteiger partial charge is 0.337 e. The van der Waals surface area contributed by atoms with Crippen LogP contribution in [-0.4, -0.2) is 40.6 Å². The highest BCUT2D eigenvalue weighted by atomic mass is 32.2. The summed E-state index contributed by atoms with van der Waals surface area (Å²) in [5.41, 5.74) is 0.313. The third-order valence-electron chi connectivity index (χ3n) is 2.56. The summed E-state index contributed by atoms with van der Waals surface area (Å²) in [7, 11) is -2.28. The van der Waals surface area contributed by atoms with E-state index >= 15 is 0 Å². The van der Waals surface area contributed by atoms with Gasteiger partial charge in [-0.1, -0.05) is 13.8 Å². The standard InChI is InChI=1S/C13H20N2O4S/c1-10(2)14-8-9-15-20(17,18)12-6-4-11(5-7-12)13(16)19-3/h4-7,10,14-15H,8-9H2,1-3H3. The molecule has 20 heavy (non-hydrogen) atoms. The van der Waals surface area contributed by atoms with E-state index in [4.69, 9.17) is 0 Å². The van der Waals surface area contributed by atoms with Gasteiger partial charge in [-0.05, 0) is 24.3 Å². The molecule has 0 bridgehead atoms. The Morgan fingerprint density at radius 1 is 1.20 bits per heavy atom. The Hall–Kier alpha value is -1.44. The maximum atomic E-state index is 12.0. The molecule has 1 rings (SSSR count). The van der Waals surface area contributed by atoms with E-state index in [1.807, 2.05) is 13.8 Å². The number of hydrogen-bond donors (Lipinski definition) is 2. The van der Waals surface area contributed by atoms with Crippen molar-refractivity contribution in [1.82, 2.24) is 10.0 Å². The summed E-state index contributed by atoms with van der Waals surface area (Å²) in [5.74, 6) is -0.497. The summed E-state index contributed by atoms with van der Waals surface area (Å²) in [6, 6.07) is 5.91. The Kier molecular flexibility index (Phi) is 6.12. The first-order valence-electron chi connectivity index (χ1n) is 6.28. The van der Waals surface area contributed by atoms with Gasteiger partial charge in [0.1, 0.15) is 0 Å². The van der Waals surface area contributed by atoms with Gasteiger partial charge in [0.2, 0.25) is 10.0 Å². The monoisotopic (exact) mass is 300 g/mol. The Balaban J connectivity index is 2.66. The number of benzene rings is 1. The van der Waals surface area contributed by atoms with Gasteiger partial charge in [0.05, 0.1) is 17.6 Å². The minimum absolute atomic E-state index is 0.120. The van der Waals surface area contributed by atoms with Crippen LogP contribution in [0.2, 0.25) is 0 Å². The summed E-state index contributed by atoms with van der Waals surface area (Å²) < 4.78 is 31.0. The average Bonchev–Trinajstić information content (AvgIpc) is 2.43. The van der Waals surface area contributed by atoms with Crippen molar-refractivity contribution >= 4 is 16.0 Å². The molecule has 6 nitrogen and oxygen atoms in total. The topological polar surface area (TPSA) is 84.5 Å². The van der Waals surface area contributed by atoms with Crippen molar-refractivity contribution in [2.75, 3.05) is 20.2 Å². The quantitative estimate of drug-likeness (QED) is 0.573. The first-order chi connectivity index (χ1) is 9.36. The van der Waals surface area contributed by atoms with Gasteiger partial charge in [-0.15, -0.1) is 0 Å². The zero-order valence-electron chi connectivity index (χ0n) is 11.8. The van der Waals surface area contributed by atoms with Gasteiger partial charge in [-0.25, -0.2) is 17.9 Å². The first kappa shape index (κ1) is 16.6. The highest BCUT2D eigenvalue weighted by Gasteiger charge is 2.14. The maximum absolute atomic E-state index is 12.0. The Bertz CT molecular complexity index is 538. The van der Waals surface area contributed by atoms with Crippen molar-refractivity contribution in [3.8, 4) is 0 Å². The second kappa shape index (κ2) is 7.37. The van der Waals surface area contributed by atoms with Gasteiger partial charge in [0.15, 0.2) is 0 Å². The second-order valence-corrected chi connectivity index (χ2v) is 6.29. The summed E-state index contributed by atoms with van der Waals surface area (Å²) in [5, 5.41) is 3.11. The molecular formula is C13H20N2O4S. The summed E-state index contributed by atoms with van der Waals surface area (Å²) in [6.45, 7) is 4.83. The van der Waals surface area contributed by atoms with E-state index in [2.05, 4.69) is 14.8 Å². The lowest BCUT2D eigenvalue weighted by Gasteiger charge is -2.10. The molecule has 0 fully saturated rings. The Morgan fingerprint density at radius 3 is 2.30 bits per heavy atom. The van der Waals surface area contributed by atoms with Crippen molar-refractivity contribution in [1.29, 1.82) is 0 Å². The van der Waals surface area contributed by atoms with Crippen LogP contribution in [0.15, 0.2) is 29.2 Å². The SMILES string of the molecule is COC(=O)c1ccc(S(=O)(=O)NCCNC(C)C)cc1. The molecule has 0 heterocycles. The third-order valence-corrected chi connectivity index (χ3v) is 4.03. The molecule has 2 N–H and O–H groups in total. The predicted molar refractivity (Wildman–Crippen MR) is 76.1 cm³/mol. The summed E-state index contributed by atoms with van der Waals surface area (Å²) in [4.78, 5) is 11.4. The molecule has 7 heteroatoms. The average molecular weight is 300 g/mol. The van der Waals surface area contributed by atoms with Crippen LogP contribution in [0.3, 0.4) is 0 Å². The van der Waals surface area contributed by atoms with E-state index in [0.29, 0.717) is 24.7 Å². The minimum atomic E-state index is -3.55. The van der Waals surface area contributed by atoms with Gasteiger partial charge < -0.3 is 10.1 Å². The number of sulfonamides is 1. The van der Waals surface area contributed by atoms with Crippen LogP contribution in [0.5, 0.6) is 0 Å². The minimum Gasteiger partial charge on any atom is -0.465 e. The molecule has 0 amide bonds. The molecule has 0 atom stereocenters. The van der Waals surface area contributed by atoms with E-state index in [-0.39, 0.29) is 4.90 Å². The van der Waals surface area contributed by atoms with Gasteiger partial charge in [0.25, 0.3) is 0 Å². The summed E-state index contributed by atoms with van der Waals surface area (Å²) in [6.07, 6.45) is 0. The molecule has 0 unspecified atom stereocenters. The van der Waals surface area contributed by atoms with E-state index in [0.717, 1.165) is 0 Å². The van der Waals surface area contributed by atoms with Gasteiger partial charge in [-0.3, -0.25) is 0 Å². The molecule has 0 spiro atoms. The molecule has 1 aromatic rings. The molecule has 0 radical (unpaired) electrons. The highest BCUT2D eigenvalue weighted by molar-refractivity contribution is 7.89. The van der Waals surface area contributed by atoms with Crippen molar-refractivity contribution in [2.24, 2.45) is 0 Å². The number of nitrogens with one attached hydrogen (secondary N) is 2. The van der Waals surface area contributed by atoms with Crippen LogP contribution >= 0.6 is 0 Å². The van der Waals surface area contributed by atoms with Crippen LogP contribution < -0.4 is 10.0 Å². The summed E-state index contributed by atoms with van der Waals surface area (Å²) >= 11 is 0. The Morgan fingerprint density at radius 2 is 1.80 bits per heavy atom. The number of hydrogen-bond acceptors (Lipinski definition) is 5. The molecular weight excluding hydrogens is 280 g/mol. The van der Waals surface area contributed by atoms with Crippen molar-refractivity contribution in [3.05, 3.63) is 29.8 Å². The number of carbonyl (C=O) groups excluding carboxylic acids is 1. The second-order valence-electron chi connectivity index (χ2n) is 4.52. The fourth-order valence-corrected chi connectivity index (χ4v) is 2.55. The normalized spacial score (nSPS) is 11.6. The highest BCUT2D eigenvalue weighted by Crippen LogP contribution is 2.10. The number of methoxy groups -OCH3 is 1. The molecule has 0 saturated heterocycles. The van der Waals surface area contributed by atoms with E-state index in [1.165, 1.54) is 31.4 Å². The zero-order chi connectivity index (χ0) is 15.2.